The molecule has 0 spiro atoms. The topological polar surface area (TPSA) is 88.9 Å². The number of nitrogens with one attached hydrogen (secondary N) is 2. The van der Waals surface area contributed by atoms with E-state index in [2.05, 4.69) is 69.9 Å². The van der Waals surface area contributed by atoms with E-state index in [1.54, 1.807) is 6.08 Å². The van der Waals surface area contributed by atoms with Crippen molar-refractivity contribution < 1.29 is 9.59 Å². The van der Waals surface area contributed by atoms with E-state index in [1.807, 2.05) is 61.7 Å². The van der Waals surface area contributed by atoms with Crippen molar-refractivity contribution in [3.8, 4) is 0 Å². The number of carbonyl (C=O) groups excluding carboxylic acids is 2. The Labute approximate surface area is 237 Å². The van der Waals surface area contributed by atoms with Gasteiger partial charge in [0.25, 0.3) is 5.91 Å². The molecule has 1 aromatic heterocycles. The highest BCUT2D eigenvalue weighted by molar-refractivity contribution is 14.1. The van der Waals surface area contributed by atoms with Crippen molar-refractivity contribution >= 4 is 51.9 Å². The molecule has 7 nitrogen and oxygen atoms in total. The molecule has 9 heteroatoms. The van der Waals surface area contributed by atoms with Crippen molar-refractivity contribution in [1.29, 1.82) is 0 Å². The second-order valence-corrected chi connectivity index (χ2v) is 11.7. The van der Waals surface area contributed by atoms with E-state index >= 15 is 0 Å². The lowest BCUT2D eigenvalue weighted by Crippen LogP contribution is -2.33. The van der Waals surface area contributed by atoms with Crippen LogP contribution in [0.3, 0.4) is 0 Å². The van der Waals surface area contributed by atoms with E-state index in [4.69, 9.17) is 0 Å². The molecule has 3 rings (SSSR count). The van der Waals surface area contributed by atoms with Gasteiger partial charge in [-0.25, -0.2) is 0 Å². The van der Waals surface area contributed by atoms with E-state index < -0.39 is 0 Å². The number of aromatic nitrogens is 3. The molecule has 0 aliphatic carbocycles. The standard InChI is InChI=1S/C28H34IN5O2S/c1-7-14-34-26(25(18(4)5)31-27(36)20-10-8-19(6)9-11-20)32-33-28(34)37-16-24(35)30-23-13-12-21(29)15-22(23)17(2)3/h7-13,15,17-18,25H,1,14,16H2,2-6H3,(H,30,35)(H,31,36)/t25-/m1/s1. The zero-order chi connectivity index (χ0) is 27.1. The van der Waals surface area contributed by atoms with Crippen LogP contribution in [-0.2, 0) is 11.3 Å². The summed E-state index contributed by atoms with van der Waals surface area (Å²) in [6.45, 7) is 14.6. The molecule has 196 valence electrons. The molecule has 0 saturated heterocycles. The fourth-order valence-electron chi connectivity index (χ4n) is 3.84. The average Bonchev–Trinajstić information content (AvgIpc) is 3.24. The number of aryl methyl sites for hydroxylation is 1. The fraction of sp³-hybridized carbons (Fsp3) is 0.357. The van der Waals surface area contributed by atoms with E-state index in [9.17, 15) is 9.59 Å². The number of allylic oxidation sites excluding steroid dienone is 1. The minimum absolute atomic E-state index is 0.0682. The quantitative estimate of drug-likeness (QED) is 0.146. The van der Waals surface area contributed by atoms with Gasteiger partial charge >= 0.3 is 0 Å². The summed E-state index contributed by atoms with van der Waals surface area (Å²) >= 11 is 3.59. The van der Waals surface area contributed by atoms with Gasteiger partial charge in [0.1, 0.15) is 0 Å². The number of amides is 2. The molecule has 2 N–H and O–H groups in total. The molecule has 37 heavy (non-hydrogen) atoms. The van der Waals surface area contributed by atoms with Gasteiger partial charge in [-0.15, -0.1) is 16.8 Å². The second kappa shape index (κ2) is 13.2. The highest BCUT2D eigenvalue weighted by atomic mass is 127. The minimum atomic E-state index is -0.357. The Hall–Kier alpha value is -2.66. The molecular weight excluding hydrogens is 597 g/mol. The summed E-state index contributed by atoms with van der Waals surface area (Å²) in [4.78, 5) is 25.8. The van der Waals surface area contributed by atoms with Crippen molar-refractivity contribution in [2.24, 2.45) is 5.92 Å². The Morgan fingerprint density at radius 1 is 1.11 bits per heavy atom. The van der Waals surface area contributed by atoms with Gasteiger partial charge in [0, 0.05) is 21.4 Å². The third kappa shape index (κ3) is 7.67. The van der Waals surface area contributed by atoms with Crippen LogP contribution in [0, 0.1) is 16.4 Å². The Morgan fingerprint density at radius 3 is 2.43 bits per heavy atom. The first-order valence-electron chi connectivity index (χ1n) is 12.2. The van der Waals surface area contributed by atoms with Gasteiger partial charge in [0.2, 0.25) is 5.91 Å². The van der Waals surface area contributed by atoms with Gasteiger partial charge in [-0.1, -0.05) is 63.2 Å². The molecule has 2 amide bonds. The summed E-state index contributed by atoms with van der Waals surface area (Å²) in [7, 11) is 0. The lowest BCUT2D eigenvalue weighted by molar-refractivity contribution is -0.113. The number of hydrogen-bond donors (Lipinski definition) is 2. The van der Waals surface area contributed by atoms with E-state index in [0.29, 0.717) is 29.0 Å². The van der Waals surface area contributed by atoms with Gasteiger partial charge < -0.3 is 15.2 Å². The maximum Gasteiger partial charge on any atom is 0.251 e. The van der Waals surface area contributed by atoms with Crippen LogP contribution in [-0.4, -0.2) is 32.3 Å². The van der Waals surface area contributed by atoms with Crippen LogP contribution in [0.5, 0.6) is 0 Å². The first-order valence-corrected chi connectivity index (χ1v) is 14.3. The normalized spacial score (nSPS) is 12.0. The monoisotopic (exact) mass is 631 g/mol. The number of carbonyl (C=O) groups is 2. The number of nitrogens with zero attached hydrogens (tertiary/aromatic N) is 3. The first kappa shape index (κ1) is 28.9. The lowest BCUT2D eigenvalue weighted by Gasteiger charge is -2.22. The molecule has 0 radical (unpaired) electrons. The largest absolute Gasteiger partial charge is 0.342 e. The van der Waals surface area contributed by atoms with Crippen molar-refractivity contribution in [3.05, 3.63) is 81.2 Å². The zero-order valence-electron chi connectivity index (χ0n) is 21.9. The van der Waals surface area contributed by atoms with Crippen molar-refractivity contribution in [2.45, 2.75) is 58.3 Å². The van der Waals surface area contributed by atoms with Gasteiger partial charge in [0.05, 0.1) is 11.8 Å². The Bertz CT molecular complexity index is 1250. The highest BCUT2D eigenvalue weighted by Crippen LogP contribution is 2.28. The zero-order valence-corrected chi connectivity index (χ0v) is 24.9. The maximum absolute atomic E-state index is 13.0. The van der Waals surface area contributed by atoms with Crippen molar-refractivity contribution in [3.63, 3.8) is 0 Å². The van der Waals surface area contributed by atoms with Crippen LogP contribution < -0.4 is 10.6 Å². The molecule has 0 aliphatic heterocycles. The molecule has 3 aromatic rings. The van der Waals surface area contributed by atoms with Crippen molar-refractivity contribution in [1.82, 2.24) is 20.1 Å². The van der Waals surface area contributed by atoms with Crippen LogP contribution >= 0.6 is 34.4 Å². The molecule has 0 unspecified atom stereocenters. The summed E-state index contributed by atoms with van der Waals surface area (Å²) in [6, 6.07) is 13.1. The van der Waals surface area contributed by atoms with E-state index in [1.165, 1.54) is 11.8 Å². The summed E-state index contributed by atoms with van der Waals surface area (Å²) in [5.74, 6) is 0.895. The number of halogens is 1. The number of rotatable bonds is 11. The molecule has 2 aromatic carbocycles. The first-order chi connectivity index (χ1) is 17.6. The summed E-state index contributed by atoms with van der Waals surface area (Å²) in [5, 5.41) is 15.5. The molecule has 0 saturated carbocycles. The Morgan fingerprint density at radius 2 is 1.81 bits per heavy atom. The van der Waals surface area contributed by atoms with Gasteiger partial charge in [-0.05, 0) is 77.2 Å². The third-order valence-corrected chi connectivity index (χ3v) is 7.48. The SMILES string of the molecule is C=CCn1c(SCC(=O)Nc2ccc(I)cc2C(C)C)nnc1[C@H](NC(=O)c1ccc(C)cc1)C(C)C. The predicted octanol–water partition coefficient (Wildman–Crippen LogP) is 6.36. The highest BCUT2D eigenvalue weighted by Gasteiger charge is 2.26. The third-order valence-electron chi connectivity index (χ3n) is 5.84. The molecule has 0 fully saturated rings. The van der Waals surface area contributed by atoms with E-state index in [0.717, 1.165) is 20.4 Å². The van der Waals surface area contributed by atoms with Gasteiger partial charge in [-0.2, -0.15) is 0 Å². The van der Waals surface area contributed by atoms with Crippen LogP contribution in [0.15, 0.2) is 60.3 Å². The van der Waals surface area contributed by atoms with E-state index in [-0.39, 0.29) is 29.5 Å². The molecule has 0 aliphatic rings. The molecular formula is C28H34IN5O2S. The maximum atomic E-state index is 13.0. The number of thioether (sulfide) groups is 1. The molecule has 0 bridgehead atoms. The fourth-order valence-corrected chi connectivity index (χ4v) is 5.11. The molecule has 1 heterocycles. The smallest absolute Gasteiger partial charge is 0.251 e. The van der Waals surface area contributed by atoms with Crippen LogP contribution in [0.4, 0.5) is 5.69 Å². The summed E-state index contributed by atoms with van der Waals surface area (Å²) in [5.41, 5.74) is 3.61. The van der Waals surface area contributed by atoms with Crippen LogP contribution in [0.25, 0.3) is 0 Å². The Kier molecular flexibility index (Phi) is 10.3. The summed E-state index contributed by atoms with van der Waals surface area (Å²) in [6.07, 6.45) is 1.76. The average molecular weight is 632 g/mol. The van der Waals surface area contributed by atoms with Crippen molar-refractivity contribution in [2.75, 3.05) is 11.1 Å². The number of anilines is 1. The number of benzene rings is 2. The summed E-state index contributed by atoms with van der Waals surface area (Å²) < 4.78 is 3.04. The predicted molar refractivity (Wildman–Crippen MR) is 159 cm³/mol. The lowest BCUT2D eigenvalue weighted by atomic mass is 10.0. The number of hydrogen-bond acceptors (Lipinski definition) is 5. The van der Waals surface area contributed by atoms with Crippen LogP contribution in [0.1, 0.15) is 67.0 Å². The minimum Gasteiger partial charge on any atom is -0.342 e. The van der Waals surface area contributed by atoms with Crippen LogP contribution in [0.2, 0.25) is 0 Å². The van der Waals surface area contributed by atoms with Gasteiger partial charge in [-0.3, -0.25) is 9.59 Å². The van der Waals surface area contributed by atoms with Gasteiger partial charge in [0.15, 0.2) is 11.0 Å². The Balaban J connectivity index is 1.76. The second-order valence-electron chi connectivity index (χ2n) is 9.52. The molecule has 1 atom stereocenters.